The number of rotatable bonds is 5. The van der Waals surface area contributed by atoms with Crippen LogP contribution in [0, 0.1) is 6.92 Å². The van der Waals surface area contributed by atoms with Crippen molar-refractivity contribution in [3.8, 4) is 0 Å². The SMILES string of the molecule is Cc1ccc(CN2C(SCCN3CCCCC3)=NC3C2C(=O)NC(=O)N3C)cc1. The summed E-state index contributed by atoms with van der Waals surface area (Å²) in [4.78, 5) is 35.6. The third-order valence-corrected chi connectivity index (χ3v) is 6.87. The Bertz CT molecular complexity index is 791. The van der Waals surface area contributed by atoms with Crippen LogP contribution in [0.2, 0.25) is 0 Å². The smallest absolute Gasteiger partial charge is 0.325 e. The van der Waals surface area contributed by atoms with E-state index in [0.29, 0.717) is 6.54 Å². The maximum atomic E-state index is 12.7. The fraction of sp³-hybridized carbons (Fsp3) is 0.571. The molecule has 2 atom stereocenters. The first kappa shape index (κ1) is 20.2. The summed E-state index contributed by atoms with van der Waals surface area (Å²) in [7, 11) is 1.70. The minimum Gasteiger partial charge on any atom is -0.331 e. The van der Waals surface area contributed by atoms with Crippen molar-refractivity contribution in [1.82, 2.24) is 20.0 Å². The lowest BCUT2D eigenvalue weighted by Crippen LogP contribution is -2.63. The normalized spacial score (nSPS) is 25.1. The predicted molar refractivity (Wildman–Crippen MR) is 116 cm³/mol. The number of hydrogen-bond donors (Lipinski definition) is 1. The quantitative estimate of drug-likeness (QED) is 0.799. The van der Waals surface area contributed by atoms with E-state index in [1.165, 1.54) is 42.8 Å². The first-order valence-corrected chi connectivity index (χ1v) is 11.3. The van der Waals surface area contributed by atoms with E-state index < -0.39 is 12.2 Å². The van der Waals surface area contributed by atoms with Gasteiger partial charge >= 0.3 is 6.03 Å². The van der Waals surface area contributed by atoms with E-state index in [1.807, 2.05) is 0 Å². The minimum atomic E-state index is -0.475. The summed E-state index contributed by atoms with van der Waals surface area (Å²) in [6.45, 7) is 6.04. The third-order valence-electron chi connectivity index (χ3n) is 5.88. The zero-order chi connectivity index (χ0) is 20.4. The van der Waals surface area contributed by atoms with Crippen molar-refractivity contribution in [2.75, 3.05) is 32.4 Å². The number of amides is 3. The highest BCUT2D eigenvalue weighted by Gasteiger charge is 2.48. The number of aryl methyl sites for hydroxylation is 1. The summed E-state index contributed by atoms with van der Waals surface area (Å²) < 4.78 is 0. The van der Waals surface area contributed by atoms with Gasteiger partial charge in [0.05, 0.1) is 0 Å². The first-order chi connectivity index (χ1) is 14.0. The van der Waals surface area contributed by atoms with Crippen LogP contribution in [0.25, 0.3) is 0 Å². The molecule has 3 aliphatic rings. The molecule has 3 amide bonds. The van der Waals surface area contributed by atoms with Gasteiger partial charge in [0.1, 0.15) is 0 Å². The molecule has 1 N–H and O–H groups in total. The number of hydrogen-bond acceptors (Lipinski definition) is 6. The van der Waals surface area contributed by atoms with Crippen LogP contribution in [0.5, 0.6) is 0 Å². The molecular weight excluding hydrogens is 386 g/mol. The highest BCUT2D eigenvalue weighted by atomic mass is 32.2. The summed E-state index contributed by atoms with van der Waals surface area (Å²) in [5.74, 6) is 0.669. The van der Waals surface area contributed by atoms with Gasteiger partial charge in [0, 0.05) is 25.9 Å². The first-order valence-electron chi connectivity index (χ1n) is 10.4. The van der Waals surface area contributed by atoms with Crippen LogP contribution < -0.4 is 5.32 Å². The molecule has 8 heteroatoms. The van der Waals surface area contributed by atoms with E-state index in [9.17, 15) is 9.59 Å². The van der Waals surface area contributed by atoms with Crippen LogP contribution in [-0.2, 0) is 11.3 Å². The van der Waals surface area contributed by atoms with Crippen LogP contribution in [0.4, 0.5) is 4.79 Å². The summed E-state index contributed by atoms with van der Waals surface area (Å²) in [5.41, 5.74) is 2.34. The molecule has 2 unspecified atom stereocenters. The van der Waals surface area contributed by atoms with E-state index >= 15 is 0 Å². The fourth-order valence-electron chi connectivity index (χ4n) is 4.13. The van der Waals surface area contributed by atoms with Crippen molar-refractivity contribution in [3.05, 3.63) is 35.4 Å². The number of amidine groups is 1. The van der Waals surface area contributed by atoms with Gasteiger partial charge in [0.15, 0.2) is 17.4 Å². The van der Waals surface area contributed by atoms with Gasteiger partial charge in [-0.05, 0) is 38.4 Å². The van der Waals surface area contributed by atoms with Crippen molar-refractivity contribution < 1.29 is 9.59 Å². The fourth-order valence-corrected chi connectivity index (χ4v) is 5.18. The topological polar surface area (TPSA) is 68.2 Å². The van der Waals surface area contributed by atoms with Crippen molar-refractivity contribution >= 4 is 28.9 Å². The van der Waals surface area contributed by atoms with Gasteiger partial charge in [-0.2, -0.15) is 0 Å². The van der Waals surface area contributed by atoms with Crippen LogP contribution >= 0.6 is 11.8 Å². The lowest BCUT2D eigenvalue weighted by atomic mass is 10.1. The average Bonchev–Trinajstić information content (AvgIpc) is 3.08. The second kappa shape index (κ2) is 8.75. The highest BCUT2D eigenvalue weighted by Crippen LogP contribution is 2.30. The second-order valence-electron chi connectivity index (χ2n) is 8.04. The Morgan fingerprint density at radius 3 is 2.59 bits per heavy atom. The number of imide groups is 1. The molecule has 0 saturated carbocycles. The number of aliphatic imine (C=N–C) groups is 1. The van der Waals surface area contributed by atoms with Gasteiger partial charge in [-0.3, -0.25) is 10.1 Å². The Morgan fingerprint density at radius 2 is 1.86 bits per heavy atom. The minimum absolute atomic E-state index is 0.263. The van der Waals surface area contributed by atoms with E-state index in [0.717, 1.165) is 23.0 Å². The Balaban J connectivity index is 1.49. The Labute approximate surface area is 176 Å². The molecule has 0 bridgehead atoms. The lowest BCUT2D eigenvalue weighted by Gasteiger charge is -2.36. The van der Waals surface area contributed by atoms with Crippen LogP contribution in [0.15, 0.2) is 29.3 Å². The van der Waals surface area contributed by atoms with Crippen LogP contribution in [0.3, 0.4) is 0 Å². The molecule has 2 fully saturated rings. The van der Waals surface area contributed by atoms with Crippen molar-refractivity contribution in [2.45, 2.75) is 44.9 Å². The summed E-state index contributed by atoms with van der Waals surface area (Å²) >= 11 is 1.70. The summed E-state index contributed by atoms with van der Waals surface area (Å²) in [6.07, 6.45) is 3.43. The van der Waals surface area contributed by atoms with Gasteiger partial charge in [0.25, 0.3) is 5.91 Å². The number of carbonyl (C=O) groups excluding carboxylic acids is 2. The molecule has 2 saturated heterocycles. The molecule has 3 heterocycles. The maximum Gasteiger partial charge on any atom is 0.325 e. The summed E-state index contributed by atoms with van der Waals surface area (Å²) in [5, 5.41) is 3.33. The Morgan fingerprint density at radius 1 is 1.14 bits per heavy atom. The van der Waals surface area contributed by atoms with Crippen molar-refractivity contribution in [1.29, 1.82) is 0 Å². The zero-order valence-corrected chi connectivity index (χ0v) is 18.0. The number of piperidine rings is 1. The maximum absolute atomic E-state index is 12.7. The lowest BCUT2D eigenvalue weighted by molar-refractivity contribution is -0.127. The molecular formula is C21H29N5O2S. The predicted octanol–water partition coefficient (Wildman–Crippen LogP) is 2.26. The molecule has 1 aromatic carbocycles. The van der Waals surface area contributed by atoms with Gasteiger partial charge in [-0.25, -0.2) is 9.79 Å². The van der Waals surface area contributed by atoms with Crippen LogP contribution in [-0.4, -0.2) is 76.4 Å². The number of likely N-dealkylation sites (tertiary alicyclic amines) is 1. The molecule has 0 spiro atoms. The van der Waals surface area contributed by atoms with E-state index in [-0.39, 0.29) is 11.9 Å². The number of fused-ring (bicyclic) bond motifs is 1. The number of nitrogens with one attached hydrogen (secondary N) is 1. The van der Waals surface area contributed by atoms with Crippen LogP contribution in [0.1, 0.15) is 30.4 Å². The zero-order valence-electron chi connectivity index (χ0n) is 17.1. The summed E-state index contributed by atoms with van der Waals surface area (Å²) in [6, 6.07) is 7.49. The number of thioether (sulfide) groups is 1. The standard InChI is InChI=1S/C21H29N5O2S/c1-15-6-8-16(9-7-15)14-26-17-18(24(2)20(28)23-19(17)27)22-21(26)29-13-12-25-10-4-3-5-11-25/h6-9,17-18H,3-5,10-14H2,1-2H3,(H,23,27,28). The molecule has 0 aromatic heterocycles. The van der Waals surface area contributed by atoms with E-state index in [2.05, 4.69) is 46.3 Å². The molecule has 7 nitrogen and oxygen atoms in total. The molecule has 1 aromatic rings. The molecule has 0 aliphatic carbocycles. The van der Waals surface area contributed by atoms with E-state index in [1.54, 1.807) is 18.8 Å². The number of urea groups is 1. The van der Waals surface area contributed by atoms with Gasteiger partial charge in [0.2, 0.25) is 0 Å². The highest BCUT2D eigenvalue weighted by molar-refractivity contribution is 8.13. The molecule has 4 rings (SSSR count). The molecule has 0 radical (unpaired) electrons. The Kier molecular flexibility index (Phi) is 6.10. The number of carbonyl (C=O) groups is 2. The largest absolute Gasteiger partial charge is 0.331 e. The number of nitrogens with zero attached hydrogens (tertiary/aromatic N) is 4. The van der Waals surface area contributed by atoms with Gasteiger partial charge in [-0.1, -0.05) is 48.0 Å². The molecule has 156 valence electrons. The average molecular weight is 416 g/mol. The number of benzene rings is 1. The molecule has 29 heavy (non-hydrogen) atoms. The monoisotopic (exact) mass is 415 g/mol. The van der Waals surface area contributed by atoms with E-state index in [4.69, 9.17) is 4.99 Å². The Hall–Kier alpha value is -2.06. The van der Waals surface area contributed by atoms with Gasteiger partial charge in [-0.15, -0.1) is 0 Å². The van der Waals surface area contributed by atoms with Gasteiger partial charge < -0.3 is 14.7 Å². The number of likely N-dealkylation sites (N-methyl/N-ethyl adjacent to an activating group) is 1. The van der Waals surface area contributed by atoms with Crippen molar-refractivity contribution in [3.63, 3.8) is 0 Å². The third kappa shape index (κ3) is 4.43. The molecule has 3 aliphatic heterocycles. The second-order valence-corrected chi connectivity index (χ2v) is 9.10. The van der Waals surface area contributed by atoms with Crippen molar-refractivity contribution in [2.24, 2.45) is 4.99 Å².